The molecular weight excluding hydrogens is 242 g/mol. The highest BCUT2D eigenvalue weighted by Gasteiger charge is 2.33. The van der Waals surface area contributed by atoms with Crippen LogP contribution in [0.5, 0.6) is 0 Å². The van der Waals surface area contributed by atoms with E-state index < -0.39 is 0 Å². The first-order valence-electron chi connectivity index (χ1n) is 7.16. The summed E-state index contributed by atoms with van der Waals surface area (Å²) in [6, 6.07) is 4.25. The minimum Gasteiger partial charge on any atom is -0.394 e. The van der Waals surface area contributed by atoms with Crippen molar-refractivity contribution in [3.63, 3.8) is 0 Å². The molecule has 102 valence electrons. The van der Waals surface area contributed by atoms with E-state index in [1.807, 2.05) is 0 Å². The lowest BCUT2D eigenvalue weighted by Gasteiger charge is -2.39. The molecule has 3 heteroatoms. The van der Waals surface area contributed by atoms with Gasteiger partial charge >= 0.3 is 0 Å². The fourth-order valence-corrected chi connectivity index (χ4v) is 3.65. The van der Waals surface area contributed by atoms with E-state index in [1.54, 1.807) is 11.3 Å². The average Bonchev–Trinajstić information content (AvgIpc) is 2.92. The van der Waals surface area contributed by atoms with Crippen LogP contribution in [0.4, 0.5) is 0 Å². The normalized spacial score (nSPS) is 28.4. The molecule has 0 amide bonds. The van der Waals surface area contributed by atoms with Gasteiger partial charge in [-0.25, -0.2) is 0 Å². The molecular formula is C15H25NOS. The summed E-state index contributed by atoms with van der Waals surface area (Å²) in [5.41, 5.74) is -0.0196. The highest BCUT2D eigenvalue weighted by Crippen LogP contribution is 2.34. The zero-order chi connectivity index (χ0) is 12.8. The number of hydrogen-bond acceptors (Lipinski definition) is 3. The average molecular weight is 267 g/mol. The summed E-state index contributed by atoms with van der Waals surface area (Å²) in [5, 5.41) is 15.4. The lowest BCUT2D eigenvalue weighted by molar-refractivity contribution is 0.0988. The Kier molecular flexibility index (Phi) is 5.22. The van der Waals surface area contributed by atoms with Crippen molar-refractivity contribution in [2.24, 2.45) is 5.92 Å². The molecule has 1 aromatic rings. The molecule has 0 bridgehead atoms. The summed E-state index contributed by atoms with van der Waals surface area (Å²) in [7, 11) is 0. The first kappa shape index (κ1) is 14.0. The SMILES string of the molecule is CCCC1CCC(CO)(NCc2cccs2)CC1. The summed E-state index contributed by atoms with van der Waals surface area (Å²) in [5.74, 6) is 0.887. The predicted octanol–water partition coefficient (Wildman–Crippen LogP) is 3.56. The van der Waals surface area contributed by atoms with Gasteiger partial charge in [-0.1, -0.05) is 25.8 Å². The van der Waals surface area contributed by atoms with Crippen molar-refractivity contribution in [2.75, 3.05) is 6.61 Å². The molecule has 0 radical (unpaired) electrons. The van der Waals surface area contributed by atoms with E-state index in [0.717, 1.165) is 25.3 Å². The van der Waals surface area contributed by atoms with Crippen molar-refractivity contribution >= 4 is 11.3 Å². The minimum absolute atomic E-state index is 0.0196. The first-order chi connectivity index (χ1) is 8.78. The Balaban J connectivity index is 1.84. The minimum atomic E-state index is -0.0196. The largest absolute Gasteiger partial charge is 0.394 e. The van der Waals surface area contributed by atoms with Gasteiger partial charge in [0.15, 0.2) is 0 Å². The molecule has 1 heterocycles. The lowest BCUT2D eigenvalue weighted by Crippen LogP contribution is -2.50. The number of aliphatic hydroxyl groups is 1. The van der Waals surface area contributed by atoms with Crippen LogP contribution in [0, 0.1) is 5.92 Å². The van der Waals surface area contributed by atoms with E-state index in [4.69, 9.17) is 0 Å². The zero-order valence-corrected chi connectivity index (χ0v) is 12.1. The summed E-state index contributed by atoms with van der Waals surface area (Å²) >= 11 is 1.79. The van der Waals surface area contributed by atoms with Gasteiger partial charge in [0.05, 0.1) is 6.61 Å². The maximum atomic E-state index is 9.73. The second-order valence-corrected chi connectivity index (χ2v) is 6.64. The van der Waals surface area contributed by atoms with Crippen LogP contribution in [-0.4, -0.2) is 17.3 Å². The molecule has 18 heavy (non-hydrogen) atoms. The Labute approximate surface area is 114 Å². The number of hydrogen-bond donors (Lipinski definition) is 2. The molecule has 1 aliphatic carbocycles. The molecule has 0 saturated heterocycles. The Morgan fingerprint density at radius 2 is 2.22 bits per heavy atom. The van der Waals surface area contributed by atoms with Crippen LogP contribution in [0.2, 0.25) is 0 Å². The van der Waals surface area contributed by atoms with Crippen LogP contribution in [0.15, 0.2) is 17.5 Å². The zero-order valence-electron chi connectivity index (χ0n) is 11.3. The van der Waals surface area contributed by atoms with Crippen molar-refractivity contribution in [3.05, 3.63) is 22.4 Å². The summed E-state index contributed by atoms with van der Waals surface area (Å²) < 4.78 is 0. The van der Waals surface area contributed by atoms with Crippen molar-refractivity contribution in [3.8, 4) is 0 Å². The molecule has 2 rings (SSSR count). The molecule has 1 saturated carbocycles. The Morgan fingerprint density at radius 1 is 1.44 bits per heavy atom. The van der Waals surface area contributed by atoms with Gasteiger partial charge in [0.2, 0.25) is 0 Å². The molecule has 0 atom stereocenters. The predicted molar refractivity (Wildman–Crippen MR) is 77.8 cm³/mol. The van der Waals surface area contributed by atoms with Crippen LogP contribution >= 0.6 is 11.3 Å². The maximum absolute atomic E-state index is 9.73. The highest BCUT2D eigenvalue weighted by molar-refractivity contribution is 7.09. The van der Waals surface area contributed by atoms with E-state index in [2.05, 4.69) is 29.8 Å². The third-order valence-electron chi connectivity index (χ3n) is 4.28. The fraction of sp³-hybridized carbons (Fsp3) is 0.733. The second kappa shape index (κ2) is 6.69. The summed E-state index contributed by atoms with van der Waals surface area (Å²) in [6.07, 6.45) is 7.43. The third-order valence-corrected chi connectivity index (χ3v) is 5.16. The van der Waals surface area contributed by atoms with Gasteiger partial charge in [-0.2, -0.15) is 0 Å². The second-order valence-electron chi connectivity index (χ2n) is 5.60. The molecule has 1 aliphatic rings. The quantitative estimate of drug-likeness (QED) is 0.826. The monoisotopic (exact) mass is 267 g/mol. The molecule has 0 aliphatic heterocycles. The number of aliphatic hydroxyl groups excluding tert-OH is 1. The van der Waals surface area contributed by atoms with Gasteiger partial charge in [-0.15, -0.1) is 11.3 Å². The topological polar surface area (TPSA) is 32.3 Å². The summed E-state index contributed by atoms with van der Waals surface area (Å²) in [4.78, 5) is 1.36. The molecule has 2 N–H and O–H groups in total. The molecule has 0 aromatic carbocycles. The smallest absolute Gasteiger partial charge is 0.0613 e. The van der Waals surface area contributed by atoms with Crippen LogP contribution in [0.3, 0.4) is 0 Å². The van der Waals surface area contributed by atoms with Gasteiger partial charge < -0.3 is 10.4 Å². The van der Waals surface area contributed by atoms with E-state index in [1.165, 1.54) is 30.6 Å². The highest BCUT2D eigenvalue weighted by atomic mass is 32.1. The van der Waals surface area contributed by atoms with Gasteiger partial charge in [-0.05, 0) is 43.0 Å². The molecule has 0 spiro atoms. The third kappa shape index (κ3) is 3.56. The number of thiophene rings is 1. The van der Waals surface area contributed by atoms with Gasteiger partial charge in [0.1, 0.15) is 0 Å². The van der Waals surface area contributed by atoms with Crippen molar-refractivity contribution in [2.45, 2.75) is 57.5 Å². The van der Waals surface area contributed by atoms with E-state index in [-0.39, 0.29) is 12.1 Å². The van der Waals surface area contributed by atoms with Gasteiger partial charge in [0, 0.05) is 17.0 Å². The molecule has 2 nitrogen and oxygen atoms in total. The number of nitrogens with one attached hydrogen (secondary N) is 1. The van der Waals surface area contributed by atoms with E-state index in [0.29, 0.717) is 0 Å². The van der Waals surface area contributed by atoms with Gasteiger partial charge in [-0.3, -0.25) is 0 Å². The van der Waals surface area contributed by atoms with Crippen molar-refractivity contribution in [1.82, 2.24) is 5.32 Å². The van der Waals surface area contributed by atoms with Gasteiger partial charge in [0.25, 0.3) is 0 Å². The van der Waals surface area contributed by atoms with E-state index in [9.17, 15) is 5.11 Å². The van der Waals surface area contributed by atoms with Crippen LogP contribution < -0.4 is 5.32 Å². The van der Waals surface area contributed by atoms with Crippen molar-refractivity contribution in [1.29, 1.82) is 0 Å². The molecule has 1 aromatic heterocycles. The van der Waals surface area contributed by atoms with E-state index >= 15 is 0 Å². The van der Waals surface area contributed by atoms with Crippen LogP contribution in [0.1, 0.15) is 50.3 Å². The maximum Gasteiger partial charge on any atom is 0.0613 e. The molecule has 1 fully saturated rings. The lowest BCUT2D eigenvalue weighted by atomic mass is 9.75. The van der Waals surface area contributed by atoms with Crippen LogP contribution in [-0.2, 0) is 6.54 Å². The fourth-order valence-electron chi connectivity index (χ4n) is 3.01. The Bertz CT molecular complexity index is 328. The number of rotatable bonds is 6. The molecule has 0 unspecified atom stereocenters. The Morgan fingerprint density at radius 3 is 2.78 bits per heavy atom. The summed E-state index contributed by atoms with van der Waals surface area (Å²) in [6.45, 7) is 3.44. The van der Waals surface area contributed by atoms with Crippen molar-refractivity contribution < 1.29 is 5.11 Å². The Hall–Kier alpha value is -0.380. The first-order valence-corrected chi connectivity index (χ1v) is 8.04. The standard InChI is InChI=1S/C15H25NOS/c1-2-4-13-6-8-15(12-17,9-7-13)16-11-14-5-3-10-18-14/h3,5,10,13,16-17H,2,4,6-9,11-12H2,1H3. The van der Waals surface area contributed by atoms with Crippen LogP contribution in [0.25, 0.3) is 0 Å².